The average molecular weight is 367 g/mol. The molecule has 1 aliphatic carbocycles. The van der Waals surface area contributed by atoms with Gasteiger partial charge in [0.1, 0.15) is 11.9 Å². The number of carbonyl (C=O) groups is 1. The summed E-state index contributed by atoms with van der Waals surface area (Å²) in [5, 5.41) is 3.46. The topological polar surface area (TPSA) is 63.7 Å². The maximum absolute atomic E-state index is 12.4. The van der Waals surface area contributed by atoms with E-state index in [1.807, 2.05) is 36.4 Å². The Balaban J connectivity index is 1.48. The molecule has 2 aromatic rings. The fourth-order valence-corrected chi connectivity index (χ4v) is 3.30. The molecule has 6 heteroatoms. The quantitative estimate of drug-likeness (QED) is 0.853. The van der Waals surface area contributed by atoms with Crippen molar-refractivity contribution in [1.82, 2.24) is 4.98 Å². The van der Waals surface area contributed by atoms with E-state index in [4.69, 9.17) is 14.5 Å². The van der Waals surface area contributed by atoms with Crippen molar-refractivity contribution in [1.29, 1.82) is 0 Å². The highest BCUT2D eigenvalue weighted by molar-refractivity contribution is 5.89. The number of rotatable bonds is 5. The van der Waals surface area contributed by atoms with Crippen LogP contribution >= 0.6 is 0 Å². The van der Waals surface area contributed by atoms with E-state index in [0.29, 0.717) is 6.54 Å². The Labute approximate surface area is 159 Å². The van der Waals surface area contributed by atoms with Crippen LogP contribution in [-0.2, 0) is 11.2 Å². The number of hydrogen-bond acceptors (Lipinski definition) is 5. The average Bonchev–Trinajstić information content (AvgIpc) is 3.51. The molecular weight excluding hydrogens is 342 g/mol. The lowest BCUT2D eigenvalue weighted by atomic mass is 10.1. The molecule has 1 atom stereocenters. The van der Waals surface area contributed by atoms with E-state index in [1.165, 1.54) is 0 Å². The number of benzene rings is 1. The number of nitrogens with zero attached hydrogens (tertiary/aromatic N) is 2. The molecule has 0 saturated heterocycles. The molecule has 1 unspecified atom stereocenters. The van der Waals surface area contributed by atoms with E-state index in [9.17, 15) is 4.79 Å². The third-order valence-electron chi connectivity index (χ3n) is 4.99. The predicted molar refractivity (Wildman–Crippen MR) is 104 cm³/mol. The molecule has 1 saturated carbocycles. The SMILES string of the molecule is COc1ccc(NC(C)c2ccc3c(n2)CCCN3C(=O)OC2CC2)cc1. The summed E-state index contributed by atoms with van der Waals surface area (Å²) >= 11 is 0. The Morgan fingerprint density at radius 2 is 2.00 bits per heavy atom. The Bertz CT molecular complexity index is 818. The van der Waals surface area contributed by atoms with Crippen LogP contribution in [0.3, 0.4) is 0 Å². The molecular formula is C21H25N3O3. The normalized spacial score (nSPS) is 17.0. The van der Waals surface area contributed by atoms with Gasteiger partial charge in [-0.25, -0.2) is 4.79 Å². The zero-order valence-electron chi connectivity index (χ0n) is 15.8. The lowest BCUT2D eigenvalue weighted by Crippen LogP contribution is -2.36. The van der Waals surface area contributed by atoms with Crippen LogP contribution in [0.5, 0.6) is 5.75 Å². The Kier molecular flexibility index (Phi) is 4.88. The lowest BCUT2D eigenvalue weighted by Gasteiger charge is -2.29. The minimum absolute atomic E-state index is 0.0532. The second kappa shape index (κ2) is 7.47. The second-order valence-electron chi connectivity index (χ2n) is 7.13. The zero-order chi connectivity index (χ0) is 18.8. The number of aromatic nitrogens is 1. The van der Waals surface area contributed by atoms with Gasteiger partial charge >= 0.3 is 6.09 Å². The molecule has 1 fully saturated rings. The zero-order valence-corrected chi connectivity index (χ0v) is 15.8. The maximum Gasteiger partial charge on any atom is 0.414 e. The molecule has 2 heterocycles. The lowest BCUT2D eigenvalue weighted by molar-refractivity contribution is 0.146. The molecule has 1 aliphatic heterocycles. The highest BCUT2D eigenvalue weighted by Gasteiger charge is 2.31. The third kappa shape index (κ3) is 3.99. The monoisotopic (exact) mass is 367 g/mol. The van der Waals surface area contributed by atoms with Crippen LogP contribution in [0.25, 0.3) is 0 Å². The molecule has 6 nitrogen and oxygen atoms in total. The van der Waals surface area contributed by atoms with Gasteiger partial charge in [-0.15, -0.1) is 0 Å². The third-order valence-corrected chi connectivity index (χ3v) is 4.99. The first-order valence-corrected chi connectivity index (χ1v) is 9.52. The number of pyridine rings is 1. The first-order valence-electron chi connectivity index (χ1n) is 9.52. The summed E-state index contributed by atoms with van der Waals surface area (Å²) in [5.74, 6) is 0.832. The molecule has 1 N–H and O–H groups in total. The van der Waals surface area contributed by atoms with Crippen molar-refractivity contribution < 1.29 is 14.3 Å². The Morgan fingerprint density at radius 3 is 2.70 bits per heavy atom. The van der Waals surface area contributed by atoms with Gasteiger partial charge in [-0.05, 0) is 69.0 Å². The van der Waals surface area contributed by atoms with E-state index in [2.05, 4.69) is 12.2 Å². The van der Waals surface area contributed by atoms with Gasteiger partial charge in [0.25, 0.3) is 0 Å². The summed E-state index contributed by atoms with van der Waals surface area (Å²) in [7, 11) is 1.66. The number of hydrogen-bond donors (Lipinski definition) is 1. The number of amides is 1. The molecule has 1 amide bonds. The van der Waals surface area contributed by atoms with Crippen LogP contribution in [0.15, 0.2) is 36.4 Å². The minimum Gasteiger partial charge on any atom is -0.497 e. The first kappa shape index (κ1) is 17.6. The molecule has 0 radical (unpaired) electrons. The van der Waals surface area contributed by atoms with Gasteiger partial charge in [0.15, 0.2) is 0 Å². The van der Waals surface area contributed by atoms with E-state index in [0.717, 1.165) is 54.2 Å². The van der Waals surface area contributed by atoms with E-state index >= 15 is 0 Å². The van der Waals surface area contributed by atoms with Gasteiger partial charge in [0, 0.05) is 12.2 Å². The van der Waals surface area contributed by atoms with Crippen LogP contribution in [-0.4, -0.2) is 30.8 Å². The predicted octanol–water partition coefficient (Wildman–Crippen LogP) is 4.31. The Hall–Kier alpha value is -2.76. The first-order chi connectivity index (χ1) is 13.1. The van der Waals surface area contributed by atoms with Crippen LogP contribution in [0.2, 0.25) is 0 Å². The minimum atomic E-state index is -0.239. The summed E-state index contributed by atoms with van der Waals surface area (Å²) in [6.07, 6.45) is 3.63. The second-order valence-corrected chi connectivity index (χ2v) is 7.13. The Morgan fingerprint density at radius 1 is 1.22 bits per heavy atom. The van der Waals surface area contributed by atoms with Gasteiger partial charge in [0.2, 0.25) is 0 Å². The molecule has 0 spiro atoms. The van der Waals surface area contributed by atoms with Crippen LogP contribution in [0, 0.1) is 0 Å². The maximum atomic E-state index is 12.4. The highest BCUT2D eigenvalue weighted by Crippen LogP contribution is 2.31. The van der Waals surface area contributed by atoms with E-state index in [-0.39, 0.29) is 18.2 Å². The molecule has 1 aromatic carbocycles. The number of ether oxygens (including phenoxy) is 2. The largest absolute Gasteiger partial charge is 0.497 e. The van der Waals surface area contributed by atoms with Crippen molar-refractivity contribution in [3.05, 3.63) is 47.8 Å². The molecule has 27 heavy (non-hydrogen) atoms. The van der Waals surface area contributed by atoms with E-state index in [1.54, 1.807) is 12.0 Å². The molecule has 4 rings (SSSR count). The summed E-state index contributed by atoms with van der Waals surface area (Å²) in [6, 6.07) is 11.9. The van der Waals surface area contributed by atoms with Crippen molar-refractivity contribution in [3.63, 3.8) is 0 Å². The van der Waals surface area contributed by atoms with Crippen molar-refractivity contribution in [2.45, 2.75) is 44.8 Å². The summed E-state index contributed by atoms with van der Waals surface area (Å²) in [6.45, 7) is 2.78. The highest BCUT2D eigenvalue weighted by atomic mass is 16.6. The summed E-state index contributed by atoms with van der Waals surface area (Å²) in [4.78, 5) is 18.9. The standard InChI is InChI=1S/C21H25N3O3/c1-14(22-15-5-7-16(26-2)8-6-15)18-11-12-20-19(23-18)4-3-13-24(20)21(25)27-17-9-10-17/h5-8,11-12,14,17,22H,3-4,9-10,13H2,1-2H3. The number of fused-ring (bicyclic) bond motifs is 1. The molecule has 1 aromatic heterocycles. The van der Waals surface area contributed by atoms with E-state index < -0.39 is 0 Å². The van der Waals surface area contributed by atoms with Gasteiger partial charge < -0.3 is 14.8 Å². The number of methoxy groups -OCH3 is 1. The summed E-state index contributed by atoms with van der Waals surface area (Å²) < 4.78 is 10.7. The fraction of sp³-hybridized carbons (Fsp3) is 0.429. The van der Waals surface area contributed by atoms with Crippen molar-refractivity contribution in [2.75, 3.05) is 23.9 Å². The van der Waals surface area contributed by atoms with Crippen LogP contribution < -0.4 is 15.0 Å². The fourth-order valence-electron chi connectivity index (χ4n) is 3.30. The number of nitrogens with one attached hydrogen (secondary N) is 1. The number of carbonyl (C=O) groups excluding carboxylic acids is 1. The van der Waals surface area contributed by atoms with Crippen LogP contribution in [0.1, 0.15) is 43.6 Å². The molecule has 0 bridgehead atoms. The smallest absolute Gasteiger partial charge is 0.414 e. The molecule has 2 aliphatic rings. The van der Waals surface area contributed by atoms with Crippen molar-refractivity contribution >= 4 is 17.5 Å². The van der Waals surface area contributed by atoms with Gasteiger partial charge in [0.05, 0.1) is 30.2 Å². The van der Waals surface area contributed by atoms with Crippen molar-refractivity contribution in [3.8, 4) is 5.75 Å². The molecule has 142 valence electrons. The number of anilines is 2. The van der Waals surface area contributed by atoms with Gasteiger partial charge in [-0.3, -0.25) is 9.88 Å². The van der Waals surface area contributed by atoms with Crippen molar-refractivity contribution in [2.24, 2.45) is 0 Å². The van der Waals surface area contributed by atoms with Crippen LogP contribution in [0.4, 0.5) is 16.2 Å². The van der Waals surface area contributed by atoms with Gasteiger partial charge in [-0.1, -0.05) is 0 Å². The summed E-state index contributed by atoms with van der Waals surface area (Å²) in [5.41, 5.74) is 3.82. The van der Waals surface area contributed by atoms with Gasteiger partial charge in [-0.2, -0.15) is 0 Å². The number of aryl methyl sites for hydroxylation is 1.